The number of carbonyl (C=O) groups is 2. The smallest absolute Gasteiger partial charge is 0.320 e. The summed E-state index contributed by atoms with van der Waals surface area (Å²) in [6.45, 7) is 4.46. The summed E-state index contributed by atoms with van der Waals surface area (Å²) >= 11 is 0. The molecule has 1 aliphatic heterocycles. The quantitative estimate of drug-likeness (QED) is 0.545. The second-order valence-corrected chi connectivity index (χ2v) is 7.63. The minimum atomic E-state index is -1.34. The predicted molar refractivity (Wildman–Crippen MR) is 117 cm³/mol. The van der Waals surface area contributed by atoms with Gasteiger partial charge in [-0.05, 0) is 30.7 Å². The van der Waals surface area contributed by atoms with Gasteiger partial charge in [0.2, 0.25) is 5.91 Å². The van der Waals surface area contributed by atoms with Crippen LogP contribution < -0.4 is 15.5 Å². The summed E-state index contributed by atoms with van der Waals surface area (Å²) in [5.41, 5.74) is 1.01. The van der Waals surface area contributed by atoms with Gasteiger partial charge in [0.15, 0.2) is 11.6 Å². The molecule has 9 nitrogen and oxygen atoms in total. The van der Waals surface area contributed by atoms with Gasteiger partial charge in [-0.15, -0.1) is 5.10 Å². The first-order valence-electron chi connectivity index (χ1n) is 10.5. The number of carbonyl (C=O) groups excluding carboxylic acids is 2. The zero-order chi connectivity index (χ0) is 24.2. The Bertz CT molecular complexity index is 1200. The molecule has 2 heterocycles. The van der Waals surface area contributed by atoms with Crippen molar-refractivity contribution in [3.8, 4) is 0 Å². The van der Waals surface area contributed by atoms with E-state index in [2.05, 4.69) is 25.7 Å². The number of rotatable bonds is 5. The summed E-state index contributed by atoms with van der Waals surface area (Å²) in [6, 6.07) is 7.73. The molecule has 34 heavy (non-hydrogen) atoms. The molecule has 0 radical (unpaired) electrons. The minimum Gasteiger partial charge on any atom is -0.399 e. The third-order valence-electron chi connectivity index (χ3n) is 5.30. The Morgan fingerprint density at radius 2 is 1.68 bits per heavy atom. The van der Waals surface area contributed by atoms with Gasteiger partial charge in [-0.3, -0.25) is 9.59 Å². The van der Waals surface area contributed by atoms with Crippen molar-refractivity contribution in [3.63, 3.8) is 0 Å². The molecule has 1 aliphatic rings. The average Bonchev–Trinajstić information content (AvgIpc) is 3.13. The summed E-state index contributed by atoms with van der Waals surface area (Å²) in [5.74, 6) is -4.72. The fourth-order valence-corrected chi connectivity index (χ4v) is 3.53. The van der Waals surface area contributed by atoms with Gasteiger partial charge in [0.05, 0.1) is 5.69 Å². The SMILES string of the molecule is CC(=O)N1CCCN(c2ccc(NC(=O)c3nnc(Nc4cc(F)c(F)cc4F)o3)cc2)CC1. The molecule has 0 unspecified atom stereocenters. The molecule has 2 amide bonds. The first kappa shape index (κ1) is 23.1. The van der Waals surface area contributed by atoms with E-state index in [4.69, 9.17) is 4.42 Å². The van der Waals surface area contributed by atoms with Gasteiger partial charge in [-0.1, -0.05) is 5.10 Å². The largest absolute Gasteiger partial charge is 0.399 e. The minimum absolute atomic E-state index is 0.0641. The molecule has 2 N–H and O–H groups in total. The molecule has 0 aliphatic carbocycles. The Morgan fingerprint density at radius 3 is 2.41 bits per heavy atom. The van der Waals surface area contributed by atoms with Crippen LogP contribution in [0.4, 0.5) is 36.2 Å². The summed E-state index contributed by atoms with van der Waals surface area (Å²) in [4.78, 5) is 28.0. The van der Waals surface area contributed by atoms with Crippen molar-refractivity contribution in [2.45, 2.75) is 13.3 Å². The molecule has 0 bridgehead atoms. The molecule has 1 aromatic heterocycles. The second-order valence-electron chi connectivity index (χ2n) is 7.63. The maximum Gasteiger partial charge on any atom is 0.320 e. The van der Waals surface area contributed by atoms with Crippen LogP contribution in [-0.2, 0) is 4.79 Å². The number of hydrogen-bond acceptors (Lipinski definition) is 7. The van der Waals surface area contributed by atoms with Crippen LogP contribution in [-0.4, -0.2) is 53.1 Å². The van der Waals surface area contributed by atoms with E-state index in [0.29, 0.717) is 30.9 Å². The van der Waals surface area contributed by atoms with Crippen LogP contribution in [0.1, 0.15) is 24.0 Å². The average molecular weight is 474 g/mol. The number of aromatic nitrogens is 2. The second kappa shape index (κ2) is 9.81. The van der Waals surface area contributed by atoms with Crippen LogP contribution in [0.3, 0.4) is 0 Å². The van der Waals surface area contributed by atoms with Gasteiger partial charge in [-0.2, -0.15) is 0 Å². The van der Waals surface area contributed by atoms with Crippen molar-refractivity contribution in [1.29, 1.82) is 0 Å². The van der Waals surface area contributed by atoms with Gasteiger partial charge in [0.25, 0.3) is 0 Å². The maximum absolute atomic E-state index is 13.8. The van der Waals surface area contributed by atoms with Crippen LogP contribution >= 0.6 is 0 Å². The van der Waals surface area contributed by atoms with Crippen LogP contribution in [0, 0.1) is 17.5 Å². The Morgan fingerprint density at radius 1 is 0.941 bits per heavy atom. The number of nitrogens with one attached hydrogen (secondary N) is 2. The lowest BCUT2D eigenvalue weighted by molar-refractivity contribution is -0.128. The molecular formula is C22H21F3N6O3. The van der Waals surface area contributed by atoms with Crippen LogP contribution in [0.5, 0.6) is 0 Å². The maximum atomic E-state index is 13.8. The molecule has 1 saturated heterocycles. The fourth-order valence-electron chi connectivity index (χ4n) is 3.53. The highest BCUT2D eigenvalue weighted by Crippen LogP contribution is 2.23. The lowest BCUT2D eigenvalue weighted by atomic mass is 10.2. The normalized spacial score (nSPS) is 14.0. The van der Waals surface area contributed by atoms with E-state index < -0.39 is 34.9 Å². The van der Waals surface area contributed by atoms with E-state index in [-0.39, 0.29) is 11.9 Å². The third kappa shape index (κ3) is 5.27. The number of halogens is 3. The van der Waals surface area contributed by atoms with Crippen LogP contribution in [0.15, 0.2) is 40.8 Å². The highest BCUT2D eigenvalue weighted by atomic mass is 19.2. The van der Waals surface area contributed by atoms with Gasteiger partial charge < -0.3 is 24.9 Å². The molecule has 4 rings (SSSR count). The lowest BCUT2D eigenvalue weighted by Crippen LogP contribution is -2.33. The zero-order valence-electron chi connectivity index (χ0n) is 18.1. The standard InChI is InChI=1S/C22H21F3N6O3/c1-13(32)30-7-2-8-31(10-9-30)15-5-3-14(4-6-15)26-20(33)21-28-29-22(34-21)27-19-12-17(24)16(23)11-18(19)25/h3-6,11-12H,2,7-10H2,1H3,(H,26,33)(H,27,29). The topological polar surface area (TPSA) is 104 Å². The Balaban J connectivity index is 1.37. The number of hydrogen-bond donors (Lipinski definition) is 2. The first-order chi connectivity index (χ1) is 16.3. The number of benzene rings is 2. The zero-order valence-corrected chi connectivity index (χ0v) is 18.1. The fraction of sp³-hybridized carbons (Fsp3) is 0.273. The molecule has 0 spiro atoms. The molecule has 0 saturated carbocycles. The first-order valence-corrected chi connectivity index (χ1v) is 10.5. The summed E-state index contributed by atoms with van der Waals surface area (Å²) in [7, 11) is 0. The van der Waals surface area contributed by atoms with Crippen LogP contribution in [0.2, 0.25) is 0 Å². The van der Waals surface area contributed by atoms with Crippen molar-refractivity contribution in [1.82, 2.24) is 15.1 Å². The molecule has 12 heteroatoms. The summed E-state index contributed by atoms with van der Waals surface area (Å²) in [6.07, 6.45) is 0.861. The molecular weight excluding hydrogens is 453 g/mol. The number of anilines is 4. The third-order valence-corrected chi connectivity index (χ3v) is 5.30. The highest BCUT2D eigenvalue weighted by Gasteiger charge is 2.19. The van der Waals surface area contributed by atoms with E-state index in [1.807, 2.05) is 17.0 Å². The van der Waals surface area contributed by atoms with E-state index in [1.165, 1.54) is 0 Å². The van der Waals surface area contributed by atoms with Crippen LogP contribution in [0.25, 0.3) is 0 Å². The van der Waals surface area contributed by atoms with E-state index in [0.717, 1.165) is 25.2 Å². The molecule has 0 atom stereocenters. The van der Waals surface area contributed by atoms with Gasteiger partial charge in [0.1, 0.15) is 5.82 Å². The van der Waals surface area contributed by atoms with Gasteiger partial charge in [0, 0.05) is 56.6 Å². The van der Waals surface area contributed by atoms with E-state index in [1.54, 1.807) is 19.1 Å². The molecule has 3 aromatic rings. The monoisotopic (exact) mass is 474 g/mol. The Kier molecular flexibility index (Phi) is 6.66. The summed E-state index contributed by atoms with van der Waals surface area (Å²) in [5, 5.41) is 12.1. The van der Waals surface area contributed by atoms with Gasteiger partial charge >= 0.3 is 17.8 Å². The number of amides is 2. The predicted octanol–water partition coefficient (Wildman–Crippen LogP) is 3.54. The number of nitrogens with zero attached hydrogens (tertiary/aromatic N) is 4. The lowest BCUT2D eigenvalue weighted by Gasteiger charge is -2.23. The van der Waals surface area contributed by atoms with E-state index in [9.17, 15) is 22.8 Å². The Hall–Kier alpha value is -4.09. The Labute approximate surface area is 192 Å². The van der Waals surface area contributed by atoms with Crippen molar-refractivity contribution < 1.29 is 27.2 Å². The van der Waals surface area contributed by atoms with Crippen molar-refractivity contribution in [3.05, 3.63) is 59.7 Å². The highest BCUT2D eigenvalue weighted by molar-refractivity contribution is 6.01. The van der Waals surface area contributed by atoms with Crippen molar-refractivity contribution >= 4 is 34.9 Å². The van der Waals surface area contributed by atoms with Crippen molar-refractivity contribution in [2.75, 3.05) is 41.7 Å². The van der Waals surface area contributed by atoms with Gasteiger partial charge in [-0.25, -0.2) is 13.2 Å². The molecule has 1 fully saturated rings. The molecule has 2 aromatic carbocycles. The van der Waals surface area contributed by atoms with E-state index >= 15 is 0 Å². The molecule has 178 valence electrons. The van der Waals surface area contributed by atoms with Crippen molar-refractivity contribution in [2.24, 2.45) is 0 Å². The summed E-state index contributed by atoms with van der Waals surface area (Å²) < 4.78 is 45.3.